The summed E-state index contributed by atoms with van der Waals surface area (Å²) in [6, 6.07) is 1.87. The molecule has 0 bridgehead atoms. The van der Waals surface area contributed by atoms with Gasteiger partial charge in [-0.15, -0.1) is 11.3 Å². The van der Waals surface area contributed by atoms with E-state index in [1.54, 1.807) is 16.2 Å². The van der Waals surface area contributed by atoms with E-state index in [4.69, 9.17) is 0 Å². The van der Waals surface area contributed by atoms with Crippen LogP contribution in [0.1, 0.15) is 33.0 Å². The Morgan fingerprint density at radius 1 is 1.13 bits per heavy atom. The van der Waals surface area contributed by atoms with Gasteiger partial charge in [-0.1, -0.05) is 0 Å². The maximum Gasteiger partial charge on any atom is 0.223 e. The molecule has 2 rings (SSSR count). The Hall–Kier alpha value is -1.25. The first-order valence-corrected chi connectivity index (χ1v) is 10.2. The highest BCUT2D eigenvalue weighted by atomic mass is 32.2. The lowest BCUT2D eigenvalue weighted by atomic mass is 10.1. The highest BCUT2D eigenvalue weighted by Crippen LogP contribution is 2.22. The lowest BCUT2D eigenvalue weighted by Gasteiger charge is -2.33. The van der Waals surface area contributed by atoms with Gasteiger partial charge in [-0.3, -0.25) is 9.59 Å². The fraction of sp³-hybridized carbons (Fsp3) is 0.600. The molecule has 1 aromatic rings. The van der Waals surface area contributed by atoms with Crippen molar-refractivity contribution in [3.05, 3.63) is 21.4 Å². The zero-order chi connectivity index (χ0) is 17.2. The van der Waals surface area contributed by atoms with E-state index in [9.17, 15) is 18.0 Å². The third-order valence-corrected chi connectivity index (χ3v) is 6.24. The number of amides is 1. The van der Waals surface area contributed by atoms with Gasteiger partial charge in [0.2, 0.25) is 15.9 Å². The van der Waals surface area contributed by atoms with Crippen molar-refractivity contribution in [1.29, 1.82) is 0 Å². The van der Waals surface area contributed by atoms with E-state index in [0.29, 0.717) is 31.7 Å². The van der Waals surface area contributed by atoms with Gasteiger partial charge in [0.25, 0.3) is 0 Å². The number of aryl methyl sites for hydroxylation is 2. The van der Waals surface area contributed by atoms with Crippen molar-refractivity contribution in [2.45, 2.75) is 26.7 Å². The highest BCUT2D eigenvalue weighted by Gasteiger charge is 2.26. The Balaban J connectivity index is 1.84. The van der Waals surface area contributed by atoms with Crippen molar-refractivity contribution in [3.8, 4) is 0 Å². The number of hydrogen-bond acceptors (Lipinski definition) is 5. The van der Waals surface area contributed by atoms with E-state index in [-0.39, 0.29) is 24.5 Å². The Morgan fingerprint density at radius 2 is 1.74 bits per heavy atom. The number of ketones is 1. The van der Waals surface area contributed by atoms with Crippen molar-refractivity contribution in [2.75, 3.05) is 32.4 Å². The number of nitrogens with zero attached hydrogens (tertiary/aromatic N) is 2. The van der Waals surface area contributed by atoms with Gasteiger partial charge in [0.1, 0.15) is 0 Å². The second-order valence-electron chi connectivity index (χ2n) is 5.79. The number of Topliss-reactive ketones (excluding diaryl/α,β-unsaturated/α-hetero) is 1. The quantitative estimate of drug-likeness (QED) is 0.746. The topological polar surface area (TPSA) is 74.8 Å². The van der Waals surface area contributed by atoms with Crippen LogP contribution in [0.5, 0.6) is 0 Å². The lowest BCUT2D eigenvalue weighted by molar-refractivity contribution is -0.132. The van der Waals surface area contributed by atoms with Crippen LogP contribution in [-0.4, -0.2) is 61.7 Å². The van der Waals surface area contributed by atoms with E-state index >= 15 is 0 Å². The van der Waals surface area contributed by atoms with Gasteiger partial charge in [0, 0.05) is 54.3 Å². The second-order valence-corrected chi connectivity index (χ2v) is 9.24. The molecule has 23 heavy (non-hydrogen) atoms. The number of hydrogen-bond donors (Lipinski definition) is 0. The van der Waals surface area contributed by atoms with Crippen LogP contribution in [0, 0.1) is 13.8 Å². The fourth-order valence-electron chi connectivity index (χ4n) is 2.69. The molecule has 0 aromatic carbocycles. The molecule has 0 aliphatic carbocycles. The van der Waals surface area contributed by atoms with Crippen molar-refractivity contribution in [2.24, 2.45) is 0 Å². The number of sulfonamides is 1. The summed E-state index contributed by atoms with van der Waals surface area (Å²) in [6.45, 7) is 5.29. The molecule has 1 saturated heterocycles. The molecule has 6 nitrogen and oxygen atoms in total. The number of carbonyl (C=O) groups excluding carboxylic acids is 2. The van der Waals surface area contributed by atoms with Gasteiger partial charge < -0.3 is 4.90 Å². The first-order valence-electron chi connectivity index (χ1n) is 7.51. The van der Waals surface area contributed by atoms with Crippen molar-refractivity contribution in [1.82, 2.24) is 9.21 Å². The third-order valence-electron chi connectivity index (χ3n) is 3.97. The summed E-state index contributed by atoms with van der Waals surface area (Å²) >= 11 is 1.58. The van der Waals surface area contributed by atoms with Gasteiger partial charge in [-0.2, -0.15) is 4.31 Å². The summed E-state index contributed by atoms with van der Waals surface area (Å²) in [4.78, 5) is 28.1. The SMILES string of the molecule is Cc1cc(C(=O)CCC(=O)N2CCN(S(C)(=O)=O)CC2)c(C)s1. The smallest absolute Gasteiger partial charge is 0.223 e. The zero-order valence-electron chi connectivity index (χ0n) is 13.7. The summed E-state index contributed by atoms with van der Waals surface area (Å²) < 4.78 is 24.3. The maximum atomic E-state index is 12.2. The average Bonchev–Trinajstić information content (AvgIpc) is 2.82. The summed E-state index contributed by atoms with van der Waals surface area (Å²) in [5, 5.41) is 0. The first-order chi connectivity index (χ1) is 10.7. The Bertz CT molecular complexity index is 701. The number of thiophene rings is 1. The van der Waals surface area contributed by atoms with E-state index < -0.39 is 10.0 Å². The minimum atomic E-state index is -3.20. The zero-order valence-corrected chi connectivity index (χ0v) is 15.3. The molecule has 0 atom stereocenters. The molecule has 0 unspecified atom stereocenters. The fourth-order valence-corrected chi connectivity index (χ4v) is 4.46. The summed E-state index contributed by atoms with van der Waals surface area (Å²) in [5.41, 5.74) is 0.710. The van der Waals surface area contributed by atoms with Gasteiger partial charge in [-0.25, -0.2) is 8.42 Å². The van der Waals surface area contributed by atoms with Crippen LogP contribution in [0.3, 0.4) is 0 Å². The van der Waals surface area contributed by atoms with Crippen molar-refractivity contribution < 1.29 is 18.0 Å². The molecule has 0 saturated carbocycles. The number of rotatable bonds is 5. The van der Waals surface area contributed by atoms with Gasteiger partial charge in [-0.05, 0) is 19.9 Å². The number of carbonyl (C=O) groups is 2. The standard InChI is InChI=1S/C15H22N2O4S2/c1-11-10-13(12(2)22-11)14(18)4-5-15(19)16-6-8-17(9-7-16)23(3,20)21/h10H,4-9H2,1-3H3. The molecule has 1 aromatic heterocycles. The Morgan fingerprint density at radius 3 is 2.22 bits per heavy atom. The van der Waals surface area contributed by atoms with Crippen LogP contribution in [-0.2, 0) is 14.8 Å². The molecule has 1 aliphatic heterocycles. The Kier molecular flexibility index (Phi) is 5.59. The summed E-state index contributed by atoms with van der Waals surface area (Å²) in [7, 11) is -3.20. The third kappa shape index (κ3) is 4.62. The molecule has 0 spiro atoms. The molecule has 1 amide bonds. The minimum Gasteiger partial charge on any atom is -0.340 e. The van der Waals surface area contributed by atoms with Crippen LogP contribution in [0.15, 0.2) is 6.07 Å². The van der Waals surface area contributed by atoms with Crippen LogP contribution in [0.4, 0.5) is 0 Å². The van der Waals surface area contributed by atoms with E-state index in [2.05, 4.69) is 0 Å². The predicted octanol–water partition coefficient (Wildman–Crippen LogP) is 1.43. The van der Waals surface area contributed by atoms with Gasteiger partial charge in [0.05, 0.1) is 6.26 Å². The molecule has 0 radical (unpaired) electrons. The lowest BCUT2D eigenvalue weighted by Crippen LogP contribution is -2.50. The van der Waals surface area contributed by atoms with E-state index in [1.807, 2.05) is 19.9 Å². The Labute approximate surface area is 141 Å². The first kappa shape index (κ1) is 18.1. The minimum absolute atomic E-state index is 0.00466. The van der Waals surface area contributed by atoms with Gasteiger partial charge >= 0.3 is 0 Å². The largest absolute Gasteiger partial charge is 0.340 e. The van der Waals surface area contributed by atoms with E-state index in [0.717, 1.165) is 9.75 Å². The van der Waals surface area contributed by atoms with Crippen LogP contribution in [0.25, 0.3) is 0 Å². The summed E-state index contributed by atoms with van der Waals surface area (Å²) in [5.74, 6) is -0.0916. The molecular formula is C15H22N2O4S2. The average molecular weight is 358 g/mol. The van der Waals surface area contributed by atoms with Crippen LogP contribution >= 0.6 is 11.3 Å². The van der Waals surface area contributed by atoms with Crippen LogP contribution < -0.4 is 0 Å². The van der Waals surface area contributed by atoms with E-state index in [1.165, 1.54) is 10.6 Å². The molecular weight excluding hydrogens is 336 g/mol. The maximum absolute atomic E-state index is 12.2. The molecule has 1 aliphatic rings. The van der Waals surface area contributed by atoms with Gasteiger partial charge in [0.15, 0.2) is 5.78 Å². The molecule has 8 heteroatoms. The highest BCUT2D eigenvalue weighted by molar-refractivity contribution is 7.88. The molecule has 0 N–H and O–H groups in total. The summed E-state index contributed by atoms with van der Waals surface area (Å²) in [6.07, 6.45) is 1.54. The molecule has 1 fully saturated rings. The molecule has 128 valence electrons. The van der Waals surface area contributed by atoms with Crippen molar-refractivity contribution in [3.63, 3.8) is 0 Å². The van der Waals surface area contributed by atoms with Crippen molar-refractivity contribution >= 4 is 33.1 Å². The normalized spacial score (nSPS) is 16.6. The molecule has 2 heterocycles. The predicted molar refractivity (Wildman–Crippen MR) is 90.4 cm³/mol. The number of piperazine rings is 1. The second kappa shape index (κ2) is 7.11. The van der Waals surface area contributed by atoms with Crippen LogP contribution in [0.2, 0.25) is 0 Å². The monoisotopic (exact) mass is 358 g/mol.